The van der Waals surface area contributed by atoms with Gasteiger partial charge >= 0.3 is 12.2 Å². The van der Waals surface area contributed by atoms with Crippen molar-refractivity contribution in [1.82, 2.24) is 34.7 Å². The van der Waals surface area contributed by atoms with Crippen molar-refractivity contribution in [2.24, 2.45) is 5.73 Å². The van der Waals surface area contributed by atoms with Gasteiger partial charge in [-0.15, -0.1) is 0 Å². The molecule has 6 aliphatic heterocycles. The average molecular weight is 1120 g/mol. The van der Waals surface area contributed by atoms with Crippen LogP contribution in [0.3, 0.4) is 0 Å². The molecule has 4 aromatic carbocycles. The Morgan fingerprint density at radius 2 is 0.951 bits per heavy atom. The van der Waals surface area contributed by atoms with E-state index in [9.17, 15) is 28.4 Å². The van der Waals surface area contributed by atoms with E-state index in [4.69, 9.17) is 24.7 Å². The maximum atomic E-state index is 15.1. The minimum absolute atomic E-state index is 0.0312. The van der Waals surface area contributed by atoms with Crippen LogP contribution >= 0.6 is 0 Å². The molecular formula is C58H76F2N12O9. The highest BCUT2D eigenvalue weighted by Crippen LogP contribution is 2.31. The Balaban J connectivity index is 0.000000196. The highest BCUT2D eigenvalue weighted by Gasteiger charge is 2.35. The zero-order chi connectivity index (χ0) is 57.0. The van der Waals surface area contributed by atoms with E-state index in [2.05, 4.69) is 51.1 Å². The maximum Gasteiger partial charge on any atom is 0.414 e. The fourth-order valence-electron chi connectivity index (χ4n) is 10.6. The Hall–Kier alpha value is -7.31. The number of hydrogen-bond acceptors (Lipinski definition) is 16. The van der Waals surface area contributed by atoms with Gasteiger partial charge in [0.15, 0.2) is 13.2 Å². The topological polar surface area (TPSA) is 193 Å². The summed E-state index contributed by atoms with van der Waals surface area (Å²) in [6.07, 6.45) is -1.98. The van der Waals surface area contributed by atoms with Gasteiger partial charge in [0.2, 0.25) is 5.91 Å². The molecule has 0 aromatic heterocycles. The van der Waals surface area contributed by atoms with E-state index < -0.39 is 29.9 Å². The van der Waals surface area contributed by atoms with Crippen molar-refractivity contribution in [2.45, 2.75) is 32.2 Å². The minimum atomic E-state index is -0.576. The molecule has 6 heterocycles. The van der Waals surface area contributed by atoms with Gasteiger partial charge in [0.1, 0.15) is 35.3 Å². The summed E-state index contributed by atoms with van der Waals surface area (Å²) in [5.74, 6) is 0.0550. The molecule has 0 radical (unpaired) electrons. The number of nitrogens with two attached hydrogens (primary N) is 1. The first-order chi connectivity index (χ1) is 39.1. The number of likely N-dealkylation sites (N-methyl/N-ethyl adjacent to an activating group) is 2. The molecule has 6 fully saturated rings. The summed E-state index contributed by atoms with van der Waals surface area (Å²) in [7, 11) is 4.30. The Kier molecular flexibility index (Phi) is 19.8. The third-order valence-corrected chi connectivity index (χ3v) is 15.6. The summed E-state index contributed by atoms with van der Waals surface area (Å²) in [5.41, 5.74) is 9.74. The lowest BCUT2D eigenvalue weighted by Crippen LogP contribution is -2.50. The zero-order valence-corrected chi connectivity index (χ0v) is 46.7. The van der Waals surface area contributed by atoms with Crippen LogP contribution in [0.4, 0.5) is 41.1 Å². The molecule has 5 amide bonds. The molecule has 436 valence electrons. The van der Waals surface area contributed by atoms with Gasteiger partial charge in [-0.25, -0.2) is 18.4 Å². The molecule has 6 saturated heterocycles. The van der Waals surface area contributed by atoms with E-state index in [-0.39, 0.29) is 56.7 Å². The molecule has 4 aromatic rings. The second-order valence-electron chi connectivity index (χ2n) is 21.4. The number of halogens is 2. The van der Waals surface area contributed by atoms with Crippen molar-refractivity contribution in [3.63, 3.8) is 0 Å². The number of piperazine rings is 4. The van der Waals surface area contributed by atoms with Crippen molar-refractivity contribution in [1.29, 1.82) is 0 Å². The fraction of sp³-hybridized carbons (Fsp3) is 0.500. The zero-order valence-electron chi connectivity index (χ0n) is 46.7. The van der Waals surface area contributed by atoms with Crippen LogP contribution in [0.5, 0.6) is 11.5 Å². The molecule has 0 spiro atoms. The quantitative estimate of drug-likeness (QED) is 0.156. The molecule has 0 saturated carbocycles. The van der Waals surface area contributed by atoms with Gasteiger partial charge in [-0.1, -0.05) is 24.3 Å². The molecule has 3 N–H and O–H groups in total. The standard InChI is InChI=1S/C30H39FN6O5.C28H37FN6O4/c1-22(38)32-18-26-20-37(30(40)42-26)24-5-8-28(27(31)17-24)35-13-15-36(16-14-35)29(39)21-41-25-6-3-23(4-7-25)19-34-11-9-33(2)10-12-34;1-31-8-10-32(11-9-31)18-21-2-5-23(6-3-21)38-20-27(36)34-14-12-33(13-15-34)26-7-4-22(16-25(26)29)35-19-24(17-30)39-28(35)37/h3-8,17,26H,9-16,18-21H2,1-2H3,(H,32,38);2-7,16,24H,8-15,17-20,30H2,1H3/t26-;24-/m00/s1. The highest BCUT2D eigenvalue weighted by molar-refractivity contribution is 5.91. The van der Waals surface area contributed by atoms with Gasteiger partial charge in [-0.3, -0.25) is 34.0 Å². The van der Waals surface area contributed by atoms with Crippen molar-refractivity contribution in [3.05, 3.63) is 108 Å². The summed E-state index contributed by atoms with van der Waals surface area (Å²) >= 11 is 0. The summed E-state index contributed by atoms with van der Waals surface area (Å²) in [6.45, 7) is 16.5. The third kappa shape index (κ3) is 15.8. The monoisotopic (exact) mass is 1120 g/mol. The van der Waals surface area contributed by atoms with E-state index in [1.54, 1.807) is 34.1 Å². The van der Waals surface area contributed by atoms with E-state index >= 15 is 4.39 Å². The Morgan fingerprint density at radius 1 is 0.556 bits per heavy atom. The van der Waals surface area contributed by atoms with Crippen LogP contribution in [0.25, 0.3) is 0 Å². The Bertz CT molecular complexity index is 2790. The number of anilines is 4. The predicted molar refractivity (Wildman–Crippen MR) is 303 cm³/mol. The van der Waals surface area contributed by atoms with Gasteiger partial charge in [-0.2, -0.15) is 0 Å². The van der Waals surface area contributed by atoms with Crippen LogP contribution < -0.4 is 40.1 Å². The summed E-state index contributed by atoms with van der Waals surface area (Å²) < 4.78 is 52.1. The first-order valence-corrected chi connectivity index (χ1v) is 27.9. The van der Waals surface area contributed by atoms with Gasteiger partial charge < -0.3 is 59.4 Å². The number of nitrogens with one attached hydrogen (secondary N) is 1. The number of benzene rings is 4. The average Bonchev–Trinajstić information content (AvgIpc) is 4.24. The van der Waals surface area contributed by atoms with Crippen LogP contribution in [-0.2, 0) is 36.9 Å². The van der Waals surface area contributed by atoms with E-state index in [1.165, 1.54) is 40.0 Å². The van der Waals surface area contributed by atoms with Crippen LogP contribution in [0.15, 0.2) is 84.9 Å². The first-order valence-electron chi connectivity index (χ1n) is 27.9. The van der Waals surface area contributed by atoms with Crippen LogP contribution in [0.2, 0.25) is 0 Å². The van der Waals surface area contributed by atoms with Gasteiger partial charge in [-0.05, 0) is 85.9 Å². The second-order valence-corrected chi connectivity index (χ2v) is 21.4. The third-order valence-electron chi connectivity index (χ3n) is 15.6. The predicted octanol–water partition coefficient (Wildman–Crippen LogP) is 3.35. The smallest absolute Gasteiger partial charge is 0.414 e. The molecule has 2 atom stereocenters. The number of rotatable bonds is 17. The highest BCUT2D eigenvalue weighted by atomic mass is 19.1. The van der Waals surface area contributed by atoms with Crippen molar-refractivity contribution < 1.29 is 51.7 Å². The first kappa shape index (κ1) is 58.3. The number of ether oxygens (including phenoxy) is 4. The minimum Gasteiger partial charge on any atom is -0.484 e. The number of carbonyl (C=O) groups excluding carboxylic acids is 5. The fourth-order valence-corrected chi connectivity index (χ4v) is 10.6. The molecule has 6 aliphatic rings. The van der Waals surface area contributed by atoms with Crippen LogP contribution in [0.1, 0.15) is 18.1 Å². The Morgan fingerprint density at radius 3 is 1.32 bits per heavy atom. The number of amides is 5. The molecule has 21 nitrogen and oxygen atoms in total. The van der Waals surface area contributed by atoms with E-state index in [0.29, 0.717) is 93.2 Å². The van der Waals surface area contributed by atoms with E-state index in [1.807, 2.05) is 46.2 Å². The van der Waals surface area contributed by atoms with Gasteiger partial charge in [0, 0.05) is 131 Å². The molecule has 81 heavy (non-hydrogen) atoms. The number of hydrogen-bond donors (Lipinski definition) is 2. The number of carbonyl (C=O) groups is 5. The summed E-state index contributed by atoms with van der Waals surface area (Å²) in [6, 6.07) is 25.2. The van der Waals surface area contributed by atoms with Crippen molar-refractivity contribution >= 4 is 52.7 Å². The molecule has 0 aliphatic carbocycles. The summed E-state index contributed by atoms with van der Waals surface area (Å²) in [4.78, 5) is 80.6. The lowest BCUT2D eigenvalue weighted by Gasteiger charge is -2.36. The lowest BCUT2D eigenvalue weighted by molar-refractivity contribution is -0.134. The number of cyclic esters (lactones) is 2. The number of nitrogens with zero attached hydrogens (tertiary/aromatic N) is 10. The molecule has 23 heteroatoms. The summed E-state index contributed by atoms with van der Waals surface area (Å²) in [5, 5.41) is 2.62. The Labute approximate surface area is 472 Å². The van der Waals surface area contributed by atoms with Gasteiger partial charge in [0.05, 0.1) is 42.4 Å². The SMILES string of the molecule is CC(=O)NC[C@H]1CN(c2ccc(N3CCN(C(=O)COc4ccc(CN5CCN(C)CC5)cc4)CC3)c(F)c2)C(=O)O1.CN1CCN(Cc2ccc(OCC(=O)N3CCN(c4ccc(N5C[C@H](CN)OC5=O)cc4F)CC3)cc2)CC1. The van der Waals surface area contributed by atoms with Crippen LogP contribution in [0, 0.1) is 11.6 Å². The largest absolute Gasteiger partial charge is 0.484 e. The molecule has 0 bridgehead atoms. The van der Waals surface area contributed by atoms with Crippen LogP contribution in [-0.4, -0.2) is 230 Å². The van der Waals surface area contributed by atoms with Crippen molar-refractivity contribution in [2.75, 3.05) is 178 Å². The lowest BCUT2D eigenvalue weighted by atomic mass is 10.2. The maximum absolute atomic E-state index is 15.1. The van der Waals surface area contributed by atoms with Crippen molar-refractivity contribution in [3.8, 4) is 11.5 Å². The molecular weight excluding hydrogens is 1050 g/mol. The molecule has 0 unspecified atom stereocenters. The normalized spacial score (nSPS) is 20.4. The second kappa shape index (κ2) is 27.4. The van der Waals surface area contributed by atoms with Gasteiger partial charge in [0.25, 0.3) is 11.8 Å². The molecule has 10 rings (SSSR count). The van der Waals surface area contributed by atoms with E-state index in [0.717, 1.165) is 65.4 Å².